The number of hydrogen-bond donors (Lipinski definition) is 1. The average Bonchev–Trinajstić information content (AvgIpc) is 2.60. The molecule has 0 amide bonds. The molecule has 0 fully saturated rings. The van der Waals surface area contributed by atoms with Crippen LogP contribution in [0.15, 0.2) is 12.1 Å². The molecule has 0 bridgehead atoms. The van der Waals surface area contributed by atoms with E-state index in [1.807, 2.05) is 20.9 Å². The van der Waals surface area contributed by atoms with Crippen LogP contribution < -0.4 is 5.32 Å². The highest BCUT2D eigenvalue weighted by Crippen LogP contribution is 2.28. The van der Waals surface area contributed by atoms with Gasteiger partial charge in [-0.05, 0) is 40.0 Å². The van der Waals surface area contributed by atoms with Crippen LogP contribution in [0.4, 0.5) is 0 Å². The molecule has 0 spiro atoms. The van der Waals surface area contributed by atoms with Gasteiger partial charge in [0.05, 0.1) is 5.69 Å². The Balaban J connectivity index is 2.42. The maximum Gasteiger partial charge on any atom is 0.124 e. The van der Waals surface area contributed by atoms with E-state index < -0.39 is 0 Å². The topological polar surface area (TPSA) is 37.8 Å². The van der Waals surface area contributed by atoms with Gasteiger partial charge in [0.25, 0.3) is 0 Å². The molecule has 2 aromatic heterocycles. The summed E-state index contributed by atoms with van der Waals surface area (Å²) >= 11 is 1.75. The molecule has 17 heavy (non-hydrogen) atoms. The Bertz CT molecular complexity index is 511. The lowest BCUT2D eigenvalue weighted by Crippen LogP contribution is -2.04. The van der Waals surface area contributed by atoms with Crippen LogP contribution >= 0.6 is 11.3 Å². The fraction of sp³-hybridized carbons (Fsp3) is 0.385. The van der Waals surface area contributed by atoms with E-state index in [1.54, 1.807) is 11.3 Å². The number of hydrogen-bond acceptors (Lipinski definition) is 4. The molecule has 0 radical (unpaired) electrons. The maximum absolute atomic E-state index is 4.63. The summed E-state index contributed by atoms with van der Waals surface area (Å²) < 4.78 is 0. The van der Waals surface area contributed by atoms with Crippen LogP contribution in [-0.2, 0) is 6.54 Å². The highest BCUT2D eigenvalue weighted by molar-refractivity contribution is 7.15. The SMILES string of the molecule is CNCc1sc(-c2cc(C)nc(C)c2)nc1C. The fourth-order valence-corrected chi connectivity index (χ4v) is 2.90. The Morgan fingerprint density at radius 2 is 1.76 bits per heavy atom. The summed E-state index contributed by atoms with van der Waals surface area (Å²) in [6.45, 7) is 6.98. The third kappa shape index (κ3) is 2.70. The van der Waals surface area contributed by atoms with Crippen molar-refractivity contribution in [3.8, 4) is 10.6 Å². The van der Waals surface area contributed by atoms with Gasteiger partial charge >= 0.3 is 0 Å². The van der Waals surface area contributed by atoms with Crippen LogP contribution in [0.1, 0.15) is 22.0 Å². The summed E-state index contributed by atoms with van der Waals surface area (Å²) in [7, 11) is 1.96. The first kappa shape index (κ1) is 12.2. The van der Waals surface area contributed by atoms with Crippen molar-refractivity contribution in [2.75, 3.05) is 7.05 Å². The zero-order valence-corrected chi connectivity index (χ0v) is 11.5. The van der Waals surface area contributed by atoms with E-state index in [9.17, 15) is 0 Å². The number of pyridine rings is 1. The molecule has 0 aliphatic heterocycles. The lowest BCUT2D eigenvalue weighted by atomic mass is 10.2. The van der Waals surface area contributed by atoms with Crippen molar-refractivity contribution >= 4 is 11.3 Å². The molecule has 0 saturated carbocycles. The fourth-order valence-electron chi connectivity index (χ4n) is 1.83. The largest absolute Gasteiger partial charge is 0.315 e. The molecule has 2 heterocycles. The van der Waals surface area contributed by atoms with Crippen molar-refractivity contribution in [2.45, 2.75) is 27.3 Å². The first-order chi connectivity index (χ1) is 8.10. The van der Waals surface area contributed by atoms with Gasteiger partial charge in [0.1, 0.15) is 5.01 Å². The van der Waals surface area contributed by atoms with Gasteiger partial charge in [0.15, 0.2) is 0 Å². The van der Waals surface area contributed by atoms with Crippen LogP contribution in [0, 0.1) is 20.8 Å². The number of rotatable bonds is 3. The smallest absolute Gasteiger partial charge is 0.124 e. The molecule has 0 saturated heterocycles. The molecule has 2 aromatic rings. The number of nitrogens with zero attached hydrogens (tertiary/aromatic N) is 2. The molecule has 2 rings (SSSR count). The van der Waals surface area contributed by atoms with E-state index in [4.69, 9.17) is 0 Å². The Labute approximate surface area is 106 Å². The number of thiazole rings is 1. The maximum atomic E-state index is 4.63. The Hall–Kier alpha value is -1.26. The number of nitrogens with one attached hydrogen (secondary N) is 1. The van der Waals surface area contributed by atoms with E-state index in [1.165, 1.54) is 10.4 Å². The molecule has 1 N–H and O–H groups in total. The number of aromatic nitrogens is 2. The second kappa shape index (κ2) is 4.94. The third-order valence-corrected chi connectivity index (χ3v) is 3.76. The molecule has 90 valence electrons. The van der Waals surface area contributed by atoms with Gasteiger partial charge in [0, 0.05) is 28.4 Å². The van der Waals surface area contributed by atoms with Crippen LogP contribution in [0.2, 0.25) is 0 Å². The molecular formula is C13H17N3S. The Morgan fingerprint density at radius 1 is 1.12 bits per heavy atom. The zero-order valence-electron chi connectivity index (χ0n) is 10.7. The summed E-state index contributed by atoms with van der Waals surface area (Å²) in [5.41, 5.74) is 4.38. The monoisotopic (exact) mass is 247 g/mol. The van der Waals surface area contributed by atoms with Crippen LogP contribution in [0.25, 0.3) is 10.6 Å². The van der Waals surface area contributed by atoms with Crippen LogP contribution in [0.5, 0.6) is 0 Å². The molecule has 4 heteroatoms. The van der Waals surface area contributed by atoms with Crippen molar-refractivity contribution in [2.24, 2.45) is 0 Å². The summed E-state index contributed by atoms with van der Waals surface area (Å²) in [5.74, 6) is 0. The first-order valence-corrected chi connectivity index (χ1v) is 6.48. The second-order valence-electron chi connectivity index (χ2n) is 4.20. The standard InChI is InChI=1S/C13H17N3S/c1-8-5-11(6-9(2)15-8)13-16-10(3)12(17-13)7-14-4/h5-6,14H,7H2,1-4H3. The van der Waals surface area contributed by atoms with E-state index in [0.717, 1.165) is 28.6 Å². The summed E-state index contributed by atoms with van der Waals surface area (Å²) in [5, 5.41) is 4.26. The van der Waals surface area contributed by atoms with Crippen molar-refractivity contribution in [1.82, 2.24) is 15.3 Å². The van der Waals surface area contributed by atoms with Gasteiger partial charge in [-0.3, -0.25) is 4.98 Å². The van der Waals surface area contributed by atoms with Crippen LogP contribution in [-0.4, -0.2) is 17.0 Å². The molecule has 0 atom stereocenters. The highest BCUT2D eigenvalue weighted by atomic mass is 32.1. The van der Waals surface area contributed by atoms with E-state index in [0.29, 0.717) is 0 Å². The first-order valence-electron chi connectivity index (χ1n) is 5.66. The highest BCUT2D eigenvalue weighted by Gasteiger charge is 2.09. The van der Waals surface area contributed by atoms with Gasteiger partial charge in [0.2, 0.25) is 0 Å². The molecule has 3 nitrogen and oxygen atoms in total. The van der Waals surface area contributed by atoms with E-state index >= 15 is 0 Å². The second-order valence-corrected chi connectivity index (χ2v) is 5.28. The molecule has 0 aliphatic carbocycles. The van der Waals surface area contributed by atoms with Gasteiger partial charge < -0.3 is 5.32 Å². The average molecular weight is 247 g/mol. The van der Waals surface area contributed by atoms with Crippen molar-refractivity contribution in [3.63, 3.8) is 0 Å². The number of aryl methyl sites for hydroxylation is 3. The Kier molecular flexibility index (Phi) is 3.54. The van der Waals surface area contributed by atoms with Gasteiger partial charge in [-0.25, -0.2) is 4.98 Å². The summed E-state index contributed by atoms with van der Waals surface area (Å²) in [4.78, 5) is 10.3. The minimum absolute atomic E-state index is 0.881. The molecule has 0 aromatic carbocycles. The molecular weight excluding hydrogens is 230 g/mol. The molecule has 0 aliphatic rings. The third-order valence-electron chi connectivity index (χ3n) is 2.56. The lowest BCUT2D eigenvalue weighted by Gasteiger charge is -2.00. The van der Waals surface area contributed by atoms with E-state index in [-0.39, 0.29) is 0 Å². The van der Waals surface area contributed by atoms with Crippen molar-refractivity contribution < 1.29 is 0 Å². The van der Waals surface area contributed by atoms with E-state index in [2.05, 4.69) is 34.3 Å². The van der Waals surface area contributed by atoms with Crippen LogP contribution in [0.3, 0.4) is 0 Å². The normalized spacial score (nSPS) is 10.8. The quantitative estimate of drug-likeness (QED) is 0.906. The minimum atomic E-state index is 0.881. The summed E-state index contributed by atoms with van der Waals surface area (Å²) in [6, 6.07) is 4.18. The Morgan fingerprint density at radius 3 is 2.35 bits per heavy atom. The van der Waals surface area contributed by atoms with Crippen molar-refractivity contribution in [3.05, 3.63) is 34.1 Å². The van der Waals surface area contributed by atoms with Gasteiger partial charge in [-0.2, -0.15) is 0 Å². The predicted octanol–water partition coefficient (Wildman–Crippen LogP) is 2.85. The summed E-state index contributed by atoms with van der Waals surface area (Å²) in [6.07, 6.45) is 0. The molecule has 0 unspecified atom stereocenters. The van der Waals surface area contributed by atoms with Gasteiger partial charge in [-0.1, -0.05) is 0 Å². The predicted molar refractivity (Wildman–Crippen MR) is 72.3 cm³/mol. The zero-order chi connectivity index (χ0) is 12.4. The minimum Gasteiger partial charge on any atom is -0.315 e. The lowest BCUT2D eigenvalue weighted by molar-refractivity contribution is 0.823. The van der Waals surface area contributed by atoms with Gasteiger partial charge in [-0.15, -0.1) is 11.3 Å². The van der Waals surface area contributed by atoms with Crippen molar-refractivity contribution in [1.29, 1.82) is 0 Å².